The minimum absolute atomic E-state index is 0.00509. The number of piperidine rings is 1. The molecule has 4 aliphatic rings. The fourth-order valence-corrected chi connectivity index (χ4v) is 15.4. The Balaban J connectivity index is 2.00. The zero-order valence-electron chi connectivity index (χ0n) is 67.4. The summed E-state index contributed by atoms with van der Waals surface area (Å²) in [7, 11) is 8.87. The zero-order chi connectivity index (χ0) is 78.7. The lowest BCUT2D eigenvalue weighted by Gasteiger charge is -2.39. The van der Waals surface area contributed by atoms with Gasteiger partial charge in [0, 0.05) is 68.5 Å². The van der Waals surface area contributed by atoms with Gasteiger partial charge in [-0.15, -0.1) is 0 Å². The van der Waals surface area contributed by atoms with Crippen molar-refractivity contribution < 1.29 is 72.5 Å². The molecule has 0 aromatic rings. The van der Waals surface area contributed by atoms with E-state index < -0.39 is 164 Å². The lowest BCUT2D eigenvalue weighted by Crippen LogP contribution is -2.62. The molecular weight excluding hydrogens is 1340 g/mol. The van der Waals surface area contributed by atoms with Gasteiger partial charge >= 0.3 is 0 Å². The Hall–Kier alpha value is -6.48. The average Bonchev–Trinajstić information content (AvgIpc) is 0.820. The number of rotatable bonds is 22. The number of aliphatic hydroxyl groups excluding tert-OH is 2. The maximum absolute atomic E-state index is 15.7. The minimum Gasteiger partial charge on any atom is -0.391 e. The van der Waals surface area contributed by atoms with Crippen LogP contribution in [0.2, 0.25) is 0 Å². The molecule has 2 heterocycles. The van der Waals surface area contributed by atoms with Crippen LogP contribution < -0.4 is 21.3 Å². The van der Waals surface area contributed by atoms with E-state index in [4.69, 9.17) is 4.74 Å². The number of hydrogen-bond acceptors (Lipinski definition) is 15. The summed E-state index contributed by atoms with van der Waals surface area (Å²) in [5.74, 6) is -9.88. The van der Waals surface area contributed by atoms with Crippen LogP contribution in [-0.2, 0) is 62.3 Å². The van der Waals surface area contributed by atoms with Crippen LogP contribution in [0.5, 0.6) is 0 Å². The first-order chi connectivity index (χ1) is 49.4. The van der Waals surface area contributed by atoms with Crippen LogP contribution in [0.25, 0.3) is 0 Å². The van der Waals surface area contributed by atoms with Crippen molar-refractivity contribution in [3.63, 3.8) is 0 Å². The number of likely N-dealkylation sites (tertiary alicyclic amines) is 1. The summed E-state index contributed by atoms with van der Waals surface area (Å²) in [6.45, 7) is 20.6. The molecule has 6 N–H and O–H groups in total. The smallest absolute Gasteiger partial charge is 0.248 e. The van der Waals surface area contributed by atoms with Crippen molar-refractivity contribution >= 4 is 70.9 Å². The molecule has 0 aromatic carbocycles. The van der Waals surface area contributed by atoms with Gasteiger partial charge in [0.2, 0.25) is 70.9 Å². The van der Waals surface area contributed by atoms with Crippen LogP contribution >= 0.6 is 0 Å². The Morgan fingerprint density at radius 2 is 0.905 bits per heavy atom. The average molecular weight is 1480 g/mol. The van der Waals surface area contributed by atoms with Crippen molar-refractivity contribution in [1.29, 1.82) is 0 Å². The summed E-state index contributed by atoms with van der Waals surface area (Å²) in [6, 6.07) is -11.5. The highest BCUT2D eigenvalue weighted by Gasteiger charge is 2.45. The normalized spacial score (nSPS) is 26.8. The predicted molar refractivity (Wildman–Crippen MR) is 403 cm³/mol. The molecule has 2 saturated carbocycles. The molecular formula is C78H138N12O15. The van der Waals surface area contributed by atoms with Gasteiger partial charge in [-0.1, -0.05) is 147 Å². The molecule has 0 aromatic heterocycles. The second kappa shape index (κ2) is 44.7. The minimum atomic E-state index is -1.64. The van der Waals surface area contributed by atoms with Gasteiger partial charge < -0.3 is 75.4 Å². The van der Waals surface area contributed by atoms with Gasteiger partial charge in [0.15, 0.2) is 0 Å². The number of nitrogens with zero attached hydrogens (tertiary/aromatic N) is 8. The molecule has 0 unspecified atom stereocenters. The predicted octanol–water partition coefficient (Wildman–Crippen LogP) is 5.70. The molecule has 2 saturated heterocycles. The summed E-state index contributed by atoms with van der Waals surface area (Å²) in [5, 5.41) is 33.1. The maximum Gasteiger partial charge on any atom is 0.248 e. The van der Waals surface area contributed by atoms with E-state index in [-0.39, 0.29) is 99.5 Å². The molecule has 0 bridgehead atoms. The van der Waals surface area contributed by atoms with E-state index in [2.05, 4.69) is 21.3 Å². The second-order valence-corrected chi connectivity index (χ2v) is 33.0. The van der Waals surface area contributed by atoms with Crippen LogP contribution in [0.3, 0.4) is 0 Å². The van der Waals surface area contributed by atoms with Crippen LogP contribution in [0.1, 0.15) is 231 Å². The summed E-state index contributed by atoms with van der Waals surface area (Å²) >= 11 is 0. The van der Waals surface area contributed by atoms with Crippen molar-refractivity contribution in [2.45, 2.75) is 291 Å². The Bertz CT molecular complexity index is 2820. The van der Waals surface area contributed by atoms with Gasteiger partial charge in [-0.05, 0) is 119 Å². The fourth-order valence-electron chi connectivity index (χ4n) is 15.4. The molecule has 2 aliphatic carbocycles. The Morgan fingerprint density at radius 1 is 0.476 bits per heavy atom. The van der Waals surface area contributed by atoms with Crippen LogP contribution in [0.15, 0.2) is 0 Å². The van der Waals surface area contributed by atoms with Gasteiger partial charge in [0.25, 0.3) is 0 Å². The van der Waals surface area contributed by atoms with Gasteiger partial charge in [0.05, 0.1) is 31.6 Å². The second-order valence-electron chi connectivity index (χ2n) is 33.0. The van der Waals surface area contributed by atoms with Crippen molar-refractivity contribution in [3.8, 4) is 0 Å². The van der Waals surface area contributed by atoms with E-state index >= 15 is 38.4 Å². The van der Waals surface area contributed by atoms with Crippen molar-refractivity contribution in [3.05, 3.63) is 0 Å². The van der Waals surface area contributed by atoms with Crippen LogP contribution in [0.4, 0.5) is 0 Å². The van der Waals surface area contributed by atoms with E-state index in [9.17, 15) is 29.4 Å². The first kappa shape index (κ1) is 90.9. The summed E-state index contributed by atoms with van der Waals surface area (Å²) in [6.07, 6.45) is 11.0. The van der Waals surface area contributed by atoms with E-state index in [0.717, 1.165) is 70.6 Å². The van der Waals surface area contributed by atoms with E-state index in [1.807, 2.05) is 76.2 Å². The highest BCUT2D eigenvalue weighted by Crippen LogP contribution is 2.33. The number of hydrogen-bond donors (Lipinski definition) is 6. The molecule has 12 amide bonds. The van der Waals surface area contributed by atoms with Crippen molar-refractivity contribution in [2.24, 2.45) is 47.3 Å². The number of nitrogens with one attached hydrogen (secondary N) is 4. The molecule has 4 fully saturated rings. The fraction of sp³-hybridized carbons (Fsp3) is 0.846. The Labute approximate surface area is 628 Å². The summed E-state index contributed by atoms with van der Waals surface area (Å²) in [4.78, 5) is 193. The third-order valence-electron chi connectivity index (χ3n) is 21.8. The van der Waals surface area contributed by atoms with E-state index in [1.165, 1.54) is 76.5 Å². The number of amides is 12. The SMILES string of the molecule is CCCCN1CC(=O)N(C)[C@@H](CC(C)C)C(=O)N[C@H](C(=O)N2CCCCC2)CC(=O)N(C)[C@@H](CC(C)C)C(=O)NC[C@@H](COCO)C(=O)N(C)[C@@H](CC(C)C)C(=O)N(C)[C@@H](CC2CCCCC2)C(=O)N[C@@H](CC(C)C)C(=O)N(C)[C@@H](CC2CCCCC2)C(=O)N(C)[C@@H](CC(C)C)C(=O)N[C@@H]([C@@H](C)O)C1=O. The first-order valence-corrected chi connectivity index (χ1v) is 39.7. The lowest BCUT2D eigenvalue weighted by atomic mass is 9.83. The number of likely N-dealkylation sites (N-methyl/N-ethyl adjacent to an activating group) is 6. The van der Waals surface area contributed by atoms with Gasteiger partial charge in [0.1, 0.15) is 61.2 Å². The van der Waals surface area contributed by atoms with Crippen LogP contribution in [0, 0.1) is 47.3 Å². The lowest BCUT2D eigenvalue weighted by molar-refractivity contribution is -0.153. The quantitative estimate of drug-likeness (QED) is 0.0709. The zero-order valence-corrected chi connectivity index (χ0v) is 67.4. The van der Waals surface area contributed by atoms with Gasteiger partial charge in [-0.2, -0.15) is 0 Å². The highest BCUT2D eigenvalue weighted by atomic mass is 16.6. The monoisotopic (exact) mass is 1480 g/mol. The first-order valence-electron chi connectivity index (χ1n) is 39.7. The molecule has 600 valence electrons. The number of unbranched alkanes of at least 4 members (excludes halogenated alkanes) is 1. The van der Waals surface area contributed by atoms with Gasteiger partial charge in [-0.25, -0.2) is 0 Å². The molecule has 27 heteroatoms. The molecule has 105 heavy (non-hydrogen) atoms. The van der Waals surface area contributed by atoms with Crippen molar-refractivity contribution in [2.75, 3.05) is 88.4 Å². The van der Waals surface area contributed by atoms with E-state index in [1.54, 1.807) is 11.9 Å². The van der Waals surface area contributed by atoms with Crippen molar-refractivity contribution in [1.82, 2.24) is 60.5 Å². The maximum atomic E-state index is 15.7. The topological polar surface area (TPSA) is 329 Å². The van der Waals surface area contributed by atoms with Crippen LogP contribution in [-0.4, -0.2) is 269 Å². The largest absolute Gasteiger partial charge is 0.391 e. The summed E-state index contributed by atoms with van der Waals surface area (Å²) in [5.41, 5.74) is 0. The Morgan fingerprint density at radius 3 is 1.41 bits per heavy atom. The molecule has 4 rings (SSSR count). The standard InChI is InChI=1S/C78H138N12O15/c1-19-20-34-90-46-67(94)84(14)61(39-51(6)7)70(96)81-59(75(101)89-35-28-23-29-36-89)44-66(93)83(13)60(38-50(4)5)69(95)79-45-57(47-105-48-91)73(99)87(17)64(41-53(10)11)76(102)86(16)63(42-55-30-24-21-25-31-55)71(97)80-58(37-49(2)3)74(100)88(18)65(43-56-32-26-22-27-33-56)77(103)85(15)62(40-52(8)9)72(98)82-68(54(12)92)78(90)104/h49-65,68,91-92H,19-48H2,1-18H3,(H,79,95)(H,80,97)(H,81,96)(H,82,98)/t54-,57+,58+,59+,60+,61+,62+,63+,64+,65+,68+/m1/s1. The van der Waals surface area contributed by atoms with E-state index in [0.29, 0.717) is 38.8 Å². The number of ether oxygens (including phenoxy) is 1. The number of carbonyl (C=O) groups excluding carboxylic acids is 12. The highest BCUT2D eigenvalue weighted by molar-refractivity contribution is 5.99. The third kappa shape index (κ3) is 27.9. The number of carbonyl (C=O) groups is 12. The Kier molecular flexibility index (Phi) is 38.7. The molecule has 0 radical (unpaired) electrons. The summed E-state index contributed by atoms with van der Waals surface area (Å²) < 4.78 is 5.47. The molecule has 0 spiro atoms. The number of aliphatic hydroxyl groups is 2. The molecule has 27 nitrogen and oxygen atoms in total. The van der Waals surface area contributed by atoms with Gasteiger partial charge in [-0.3, -0.25) is 57.5 Å². The molecule has 11 atom stereocenters. The molecule has 2 aliphatic heterocycles. The third-order valence-corrected chi connectivity index (χ3v) is 21.8.